The molecule has 2 rings (SSSR count). The summed E-state index contributed by atoms with van der Waals surface area (Å²) in [7, 11) is 3.31. The molecule has 1 aliphatic heterocycles. The first-order valence-corrected chi connectivity index (χ1v) is 9.84. The number of hydrogen-bond donors (Lipinski definition) is 2. The number of amides is 4. The largest absolute Gasteiger partial charge is 0.463 e. The van der Waals surface area contributed by atoms with Crippen LogP contribution in [0.1, 0.15) is 45.2 Å². The quantitative estimate of drug-likeness (QED) is 0.683. The lowest BCUT2D eigenvalue weighted by Crippen LogP contribution is -2.48. The molecule has 4 amide bonds. The van der Waals surface area contributed by atoms with Gasteiger partial charge in [-0.1, -0.05) is 25.5 Å². The van der Waals surface area contributed by atoms with Crippen LogP contribution in [0.3, 0.4) is 0 Å². The van der Waals surface area contributed by atoms with Gasteiger partial charge in [0.25, 0.3) is 0 Å². The highest BCUT2D eigenvalue weighted by Gasteiger charge is 2.36. The smallest absolute Gasteiger partial charge is 0.338 e. The minimum atomic E-state index is -0.613. The molecule has 0 saturated heterocycles. The number of rotatable bonds is 7. The van der Waals surface area contributed by atoms with E-state index >= 15 is 0 Å². The van der Waals surface area contributed by atoms with Gasteiger partial charge >= 0.3 is 18.0 Å². The molecule has 0 bridgehead atoms. The van der Waals surface area contributed by atoms with Crippen LogP contribution in [0.4, 0.5) is 15.3 Å². The molecule has 0 radical (unpaired) electrons. The van der Waals surface area contributed by atoms with Gasteiger partial charge in [0.05, 0.1) is 18.2 Å². The van der Waals surface area contributed by atoms with Crippen molar-refractivity contribution in [3.63, 3.8) is 0 Å². The number of esters is 1. The monoisotopic (exact) mass is 402 g/mol. The van der Waals surface area contributed by atoms with Gasteiger partial charge in [-0.05, 0) is 38.0 Å². The molecule has 1 aliphatic rings. The summed E-state index contributed by atoms with van der Waals surface area (Å²) < 4.78 is 5.26. The fraction of sp³-hybridized carbons (Fsp3) is 0.476. The van der Waals surface area contributed by atoms with Crippen LogP contribution in [0, 0.1) is 0 Å². The van der Waals surface area contributed by atoms with E-state index in [0.29, 0.717) is 23.5 Å². The Balaban J connectivity index is 2.36. The first-order chi connectivity index (χ1) is 13.8. The Bertz CT molecular complexity index is 786. The van der Waals surface area contributed by atoms with Crippen LogP contribution in [0.25, 0.3) is 0 Å². The van der Waals surface area contributed by atoms with Crippen LogP contribution in [0.5, 0.6) is 0 Å². The standard InChI is InChI=1S/C21H30N4O4/c1-6-8-13-25-14(3)17(19(26)29-7-2)18(23-21(25)28)15-9-11-16(12-10-15)22-20(27)24(4)5/h9-12,18H,6-8,13H2,1-5H3,(H,22,27)(H,23,28). The molecular formula is C21H30N4O4. The highest BCUT2D eigenvalue weighted by Crippen LogP contribution is 2.32. The Hall–Kier alpha value is -3.03. The normalized spacial score (nSPS) is 16.4. The van der Waals surface area contributed by atoms with E-state index in [0.717, 1.165) is 18.4 Å². The van der Waals surface area contributed by atoms with E-state index in [1.165, 1.54) is 4.90 Å². The molecule has 29 heavy (non-hydrogen) atoms. The van der Waals surface area contributed by atoms with Gasteiger partial charge in [0.15, 0.2) is 0 Å². The second-order valence-electron chi connectivity index (χ2n) is 7.05. The molecule has 1 heterocycles. The molecular weight excluding hydrogens is 372 g/mol. The van der Waals surface area contributed by atoms with E-state index in [1.807, 2.05) is 6.92 Å². The van der Waals surface area contributed by atoms with E-state index in [4.69, 9.17) is 4.74 Å². The van der Waals surface area contributed by atoms with Crippen molar-refractivity contribution in [1.82, 2.24) is 15.1 Å². The molecule has 0 aliphatic carbocycles. The van der Waals surface area contributed by atoms with E-state index in [1.54, 1.807) is 57.1 Å². The number of urea groups is 2. The van der Waals surface area contributed by atoms with Gasteiger partial charge in [-0.3, -0.25) is 4.90 Å². The second-order valence-corrected chi connectivity index (χ2v) is 7.05. The first-order valence-electron chi connectivity index (χ1n) is 9.84. The number of ether oxygens (including phenoxy) is 1. The number of hydrogen-bond acceptors (Lipinski definition) is 4. The van der Waals surface area contributed by atoms with Crippen molar-refractivity contribution in [2.45, 2.75) is 39.7 Å². The Morgan fingerprint density at radius 2 is 1.86 bits per heavy atom. The highest BCUT2D eigenvalue weighted by atomic mass is 16.5. The zero-order valence-electron chi connectivity index (χ0n) is 17.7. The third-order valence-corrected chi connectivity index (χ3v) is 4.73. The summed E-state index contributed by atoms with van der Waals surface area (Å²) in [6.45, 7) is 6.37. The number of benzene rings is 1. The molecule has 158 valence electrons. The first kappa shape index (κ1) is 22.3. The molecule has 8 heteroatoms. The zero-order chi connectivity index (χ0) is 21.6. The molecule has 1 unspecified atom stereocenters. The van der Waals surface area contributed by atoms with Crippen LogP contribution in [0.15, 0.2) is 35.5 Å². The third kappa shape index (κ3) is 5.28. The Morgan fingerprint density at radius 3 is 2.41 bits per heavy atom. The summed E-state index contributed by atoms with van der Waals surface area (Å²) in [4.78, 5) is 40.2. The predicted molar refractivity (Wildman–Crippen MR) is 111 cm³/mol. The lowest BCUT2D eigenvalue weighted by Gasteiger charge is -2.35. The fourth-order valence-corrected chi connectivity index (χ4v) is 3.08. The maximum atomic E-state index is 12.7. The summed E-state index contributed by atoms with van der Waals surface area (Å²) in [6, 6.07) is 5.96. The molecule has 0 spiro atoms. The lowest BCUT2D eigenvalue weighted by molar-refractivity contribution is -0.139. The molecule has 1 atom stereocenters. The number of anilines is 1. The fourth-order valence-electron chi connectivity index (χ4n) is 3.08. The van der Waals surface area contributed by atoms with E-state index < -0.39 is 12.0 Å². The van der Waals surface area contributed by atoms with E-state index in [2.05, 4.69) is 10.6 Å². The van der Waals surface area contributed by atoms with E-state index in [-0.39, 0.29) is 18.7 Å². The SMILES string of the molecule is CCCCN1C(=O)NC(c2ccc(NC(=O)N(C)C)cc2)C(C(=O)OCC)=C1C. The Kier molecular flexibility index (Phi) is 7.64. The van der Waals surface area contributed by atoms with Crippen LogP contribution in [-0.2, 0) is 9.53 Å². The number of carbonyl (C=O) groups is 3. The topological polar surface area (TPSA) is 91.0 Å². The van der Waals surface area contributed by atoms with Gasteiger partial charge in [-0.25, -0.2) is 14.4 Å². The number of nitrogens with one attached hydrogen (secondary N) is 2. The van der Waals surface area contributed by atoms with Gasteiger partial charge in [0.1, 0.15) is 0 Å². The van der Waals surface area contributed by atoms with Gasteiger partial charge < -0.3 is 20.3 Å². The van der Waals surface area contributed by atoms with Crippen molar-refractivity contribution < 1.29 is 19.1 Å². The lowest BCUT2D eigenvalue weighted by atomic mass is 9.94. The summed E-state index contributed by atoms with van der Waals surface area (Å²) in [5.74, 6) is -0.443. The van der Waals surface area contributed by atoms with Crippen molar-refractivity contribution in [2.24, 2.45) is 0 Å². The minimum absolute atomic E-state index is 0.237. The van der Waals surface area contributed by atoms with Crippen LogP contribution >= 0.6 is 0 Å². The van der Waals surface area contributed by atoms with Crippen molar-refractivity contribution in [3.8, 4) is 0 Å². The number of unbranched alkanes of at least 4 members (excludes halogenated alkanes) is 1. The van der Waals surface area contributed by atoms with Crippen molar-refractivity contribution in [1.29, 1.82) is 0 Å². The van der Waals surface area contributed by atoms with Crippen molar-refractivity contribution in [2.75, 3.05) is 32.6 Å². The molecule has 0 aromatic heterocycles. The summed E-state index contributed by atoms with van der Waals surface area (Å²) >= 11 is 0. The van der Waals surface area contributed by atoms with Gasteiger partial charge in [0.2, 0.25) is 0 Å². The summed E-state index contributed by atoms with van der Waals surface area (Å²) in [6.07, 6.45) is 1.78. The number of carbonyl (C=O) groups excluding carboxylic acids is 3. The van der Waals surface area contributed by atoms with E-state index in [9.17, 15) is 14.4 Å². The zero-order valence-corrected chi connectivity index (χ0v) is 17.7. The van der Waals surface area contributed by atoms with Gasteiger partial charge in [0, 0.05) is 32.0 Å². The summed E-state index contributed by atoms with van der Waals surface area (Å²) in [5.41, 5.74) is 2.39. The van der Waals surface area contributed by atoms with Gasteiger partial charge in [-0.2, -0.15) is 0 Å². The Labute approximate surface area is 171 Å². The molecule has 0 saturated carbocycles. The second kappa shape index (κ2) is 9.95. The highest BCUT2D eigenvalue weighted by molar-refractivity contribution is 5.95. The number of nitrogens with zero attached hydrogens (tertiary/aromatic N) is 2. The van der Waals surface area contributed by atoms with Crippen LogP contribution in [0.2, 0.25) is 0 Å². The average Bonchev–Trinajstić information content (AvgIpc) is 2.68. The Morgan fingerprint density at radius 1 is 1.21 bits per heavy atom. The van der Waals surface area contributed by atoms with Crippen molar-refractivity contribution in [3.05, 3.63) is 41.1 Å². The maximum absolute atomic E-state index is 12.7. The molecule has 2 N–H and O–H groups in total. The van der Waals surface area contributed by atoms with Crippen LogP contribution in [-0.4, -0.2) is 55.1 Å². The molecule has 8 nitrogen and oxygen atoms in total. The average molecular weight is 402 g/mol. The maximum Gasteiger partial charge on any atom is 0.338 e. The van der Waals surface area contributed by atoms with Crippen molar-refractivity contribution >= 4 is 23.7 Å². The van der Waals surface area contributed by atoms with Gasteiger partial charge in [-0.15, -0.1) is 0 Å². The molecule has 0 fully saturated rings. The third-order valence-electron chi connectivity index (χ3n) is 4.73. The molecule has 1 aromatic carbocycles. The van der Waals surface area contributed by atoms with Crippen LogP contribution < -0.4 is 10.6 Å². The summed E-state index contributed by atoms with van der Waals surface area (Å²) in [5, 5.41) is 5.68. The predicted octanol–water partition coefficient (Wildman–Crippen LogP) is 3.48. The minimum Gasteiger partial charge on any atom is -0.463 e. The molecule has 1 aromatic rings. The number of allylic oxidation sites excluding steroid dienone is 1.